The summed E-state index contributed by atoms with van der Waals surface area (Å²) in [6, 6.07) is 13.9. The highest BCUT2D eigenvalue weighted by Crippen LogP contribution is 2.19. The first-order valence-electron chi connectivity index (χ1n) is 5.86. The van der Waals surface area contributed by atoms with E-state index >= 15 is 0 Å². The number of amides is 1. The Kier molecular flexibility index (Phi) is 3.89. The number of aromatic nitrogens is 1. The van der Waals surface area contributed by atoms with Crippen LogP contribution < -0.4 is 0 Å². The highest BCUT2D eigenvalue weighted by molar-refractivity contribution is 5.94. The predicted molar refractivity (Wildman–Crippen MR) is 71.1 cm³/mol. The average Bonchev–Trinajstić information content (AvgIpc) is 2.49. The summed E-state index contributed by atoms with van der Waals surface area (Å²) in [4.78, 5) is 17.6. The molecule has 0 aliphatic rings. The number of rotatable bonds is 3. The van der Waals surface area contributed by atoms with Gasteiger partial charge in [0.2, 0.25) is 0 Å². The Morgan fingerprint density at radius 2 is 1.84 bits per heavy atom. The van der Waals surface area contributed by atoms with Crippen molar-refractivity contribution in [2.75, 3.05) is 7.05 Å². The molecule has 0 aliphatic heterocycles. The van der Waals surface area contributed by atoms with Gasteiger partial charge in [-0.25, -0.2) is 0 Å². The van der Waals surface area contributed by atoms with Crippen LogP contribution in [0.1, 0.15) is 22.0 Å². The van der Waals surface area contributed by atoms with Crippen LogP contribution in [0.3, 0.4) is 0 Å². The zero-order valence-electron chi connectivity index (χ0n) is 10.5. The lowest BCUT2D eigenvalue weighted by Gasteiger charge is -2.23. The number of hydrogen-bond acceptors (Lipinski definition) is 3. The first-order valence-corrected chi connectivity index (χ1v) is 5.86. The molecule has 2 rings (SSSR count). The van der Waals surface area contributed by atoms with Crippen LogP contribution in [0.2, 0.25) is 0 Å². The van der Waals surface area contributed by atoms with E-state index in [-0.39, 0.29) is 5.91 Å². The zero-order chi connectivity index (χ0) is 13.7. The normalized spacial score (nSPS) is 11.4. The van der Waals surface area contributed by atoms with Gasteiger partial charge in [0.25, 0.3) is 5.91 Å². The lowest BCUT2D eigenvalue weighted by Crippen LogP contribution is -2.30. The van der Waals surface area contributed by atoms with Crippen molar-refractivity contribution in [3.05, 3.63) is 66.0 Å². The smallest absolute Gasteiger partial charge is 0.254 e. The van der Waals surface area contributed by atoms with Crippen LogP contribution >= 0.6 is 0 Å². The van der Waals surface area contributed by atoms with Gasteiger partial charge in [-0.15, -0.1) is 0 Å². The molecule has 1 unspecified atom stereocenters. The molecule has 4 heteroatoms. The third kappa shape index (κ3) is 2.78. The Morgan fingerprint density at radius 3 is 2.42 bits per heavy atom. The molecule has 94 valence electrons. The summed E-state index contributed by atoms with van der Waals surface area (Å²) in [5, 5.41) is 9.28. The van der Waals surface area contributed by atoms with Gasteiger partial charge in [-0.3, -0.25) is 9.78 Å². The van der Waals surface area contributed by atoms with Gasteiger partial charge < -0.3 is 4.90 Å². The Labute approximate surface area is 111 Å². The molecule has 1 heterocycles. The Balaban J connectivity index is 2.26. The molecule has 2 aromatic rings. The van der Waals surface area contributed by atoms with Crippen LogP contribution in [0, 0.1) is 11.3 Å². The van der Waals surface area contributed by atoms with E-state index in [1.807, 2.05) is 6.07 Å². The van der Waals surface area contributed by atoms with Crippen LogP contribution in [0.25, 0.3) is 0 Å². The predicted octanol–water partition coefficient (Wildman–Crippen LogP) is 2.42. The van der Waals surface area contributed by atoms with E-state index in [0.29, 0.717) is 5.56 Å². The summed E-state index contributed by atoms with van der Waals surface area (Å²) < 4.78 is 0. The SMILES string of the molecule is CN(C(=O)c1ccccc1)C(C#N)c1ccncc1. The molecule has 0 radical (unpaired) electrons. The summed E-state index contributed by atoms with van der Waals surface area (Å²) in [6.45, 7) is 0. The number of carbonyl (C=O) groups excluding carboxylic acids is 1. The number of carbonyl (C=O) groups is 1. The average molecular weight is 251 g/mol. The van der Waals surface area contributed by atoms with Crippen molar-refractivity contribution in [2.24, 2.45) is 0 Å². The van der Waals surface area contributed by atoms with Crippen LogP contribution in [-0.2, 0) is 0 Å². The largest absolute Gasteiger partial charge is 0.322 e. The highest BCUT2D eigenvalue weighted by Gasteiger charge is 2.22. The van der Waals surface area contributed by atoms with E-state index in [2.05, 4.69) is 11.1 Å². The lowest BCUT2D eigenvalue weighted by atomic mass is 10.1. The van der Waals surface area contributed by atoms with E-state index in [4.69, 9.17) is 0 Å². The van der Waals surface area contributed by atoms with Gasteiger partial charge in [0.15, 0.2) is 0 Å². The fourth-order valence-electron chi connectivity index (χ4n) is 1.83. The van der Waals surface area contributed by atoms with Crippen molar-refractivity contribution in [2.45, 2.75) is 6.04 Å². The summed E-state index contributed by atoms with van der Waals surface area (Å²) in [5.41, 5.74) is 1.32. The van der Waals surface area contributed by atoms with Crippen molar-refractivity contribution in [3.63, 3.8) is 0 Å². The fourth-order valence-corrected chi connectivity index (χ4v) is 1.83. The van der Waals surface area contributed by atoms with E-state index in [1.165, 1.54) is 4.90 Å². The molecule has 19 heavy (non-hydrogen) atoms. The van der Waals surface area contributed by atoms with Gasteiger partial charge in [-0.2, -0.15) is 5.26 Å². The van der Waals surface area contributed by atoms with Crippen LogP contribution in [0.4, 0.5) is 0 Å². The molecule has 1 atom stereocenters. The zero-order valence-corrected chi connectivity index (χ0v) is 10.5. The minimum absolute atomic E-state index is 0.177. The fraction of sp³-hybridized carbons (Fsp3) is 0.133. The molecule has 0 fully saturated rings. The van der Waals surface area contributed by atoms with Gasteiger partial charge >= 0.3 is 0 Å². The molecule has 1 aromatic carbocycles. The standard InChI is InChI=1S/C15H13N3O/c1-18(15(19)13-5-3-2-4-6-13)14(11-16)12-7-9-17-10-8-12/h2-10,14H,1H3. The molecule has 4 nitrogen and oxygen atoms in total. The second kappa shape index (κ2) is 5.78. The van der Waals surface area contributed by atoms with Crippen molar-refractivity contribution in [1.29, 1.82) is 5.26 Å². The van der Waals surface area contributed by atoms with Crippen LogP contribution in [-0.4, -0.2) is 22.8 Å². The number of nitriles is 1. The third-order valence-corrected chi connectivity index (χ3v) is 2.87. The first kappa shape index (κ1) is 12.8. The number of hydrogen-bond donors (Lipinski definition) is 0. The topological polar surface area (TPSA) is 57.0 Å². The number of pyridine rings is 1. The van der Waals surface area contributed by atoms with Gasteiger partial charge in [0, 0.05) is 25.0 Å². The van der Waals surface area contributed by atoms with Crippen molar-refractivity contribution < 1.29 is 4.79 Å². The molecular formula is C15H13N3O. The second-order valence-electron chi connectivity index (χ2n) is 4.09. The maximum absolute atomic E-state index is 12.3. The van der Waals surface area contributed by atoms with E-state index in [1.54, 1.807) is 55.8 Å². The first-order chi connectivity index (χ1) is 9.24. The molecule has 0 saturated heterocycles. The van der Waals surface area contributed by atoms with E-state index in [9.17, 15) is 10.1 Å². The Morgan fingerprint density at radius 1 is 1.21 bits per heavy atom. The molecule has 0 bridgehead atoms. The second-order valence-corrected chi connectivity index (χ2v) is 4.09. The molecule has 1 amide bonds. The summed E-state index contributed by atoms with van der Waals surface area (Å²) >= 11 is 0. The molecule has 0 saturated carbocycles. The van der Waals surface area contributed by atoms with E-state index in [0.717, 1.165) is 5.56 Å². The Hall–Kier alpha value is -2.67. The lowest BCUT2D eigenvalue weighted by molar-refractivity contribution is 0.0763. The van der Waals surface area contributed by atoms with Crippen LogP contribution in [0.5, 0.6) is 0 Å². The van der Waals surface area contributed by atoms with E-state index < -0.39 is 6.04 Å². The number of nitrogens with zero attached hydrogens (tertiary/aromatic N) is 3. The van der Waals surface area contributed by atoms with Crippen molar-refractivity contribution >= 4 is 5.91 Å². The minimum Gasteiger partial charge on any atom is -0.322 e. The number of benzene rings is 1. The summed E-state index contributed by atoms with van der Waals surface area (Å²) in [7, 11) is 1.63. The molecule has 1 aromatic heterocycles. The maximum atomic E-state index is 12.3. The van der Waals surface area contributed by atoms with Gasteiger partial charge in [0.1, 0.15) is 6.04 Å². The van der Waals surface area contributed by atoms with Crippen LogP contribution in [0.15, 0.2) is 54.9 Å². The summed E-state index contributed by atoms with van der Waals surface area (Å²) in [6.07, 6.45) is 3.22. The monoisotopic (exact) mass is 251 g/mol. The van der Waals surface area contributed by atoms with Crippen molar-refractivity contribution in [1.82, 2.24) is 9.88 Å². The highest BCUT2D eigenvalue weighted by atomic mass is 16.2. The van der Waals surface area contributed by atoms with Gasteiger partial charge in [-0.1, -0.05) is 18.2 Å². The maximum Gasteiger partial charge on any atom is 0.254 e. The molecule has 0 N–H and O–H groups in total. The third-order valence-electron chi connectivity index (χ3n) is 2.87. The molecule has 0 spiro atoms. The quantitative estimate of drug-likeness (QED) is 0.841. The van der Waals surface area contributed by atoms with Gasteiger partial charge in [0.05, 0.1) is 6.07 Å². The minimum atomic E-state index is -0.615. The molecule has 0 aliphatic carbocycles. The summed E-state index contributed by atoms with van der Waals surface area (Å²) in [5.74, 6) is -0.177. The van der Waals surface area contributed by atoms with Gasteiger partial charge in [-0.05, 0) is 29.8 Å². The van der Waals surface area contributed by atoms with Crippen molar-refractivity contribution in [3.8, 4) is 6.07 Å². The Bertz CT molecular complexity index is 590. The molecular weight excluding hydrogens is 238 g/mol.